The van der Waals surface area contributed by atoms with Crippen molar-refractivity contribution in [2.24, 2.45) is 0 Å². The number of rotatable bonds is 3. The molecule has 1 fully saturated rings. The molecule has 0 bridgehead atoms. The van der Waals surface area contributed by atoms with E-state index in [4.69, 9.17) is 5.73 Å². The van der Waals surface area contributed by atoms with Crippen molar-refractivity contribution in [3.05, 3.63) is 60.7 Å². The molecule has 27 heavy (non-hydrogen) atoms. The highest BCUT2D eigenvalue weighted by atomic mass is 32.3. The topological polar surface area (TPSA) is 95.5 Å². The van der Waals surface area contributed by atoms with E-state index in [1.54, 1.807) is 16.4 Å². The van der Waals surface area contributed by atoms with E-state index in [1.165, 1.54) is 18.5 Å². The van der Waals surface area contributed by atoms with Crippen LogP contribution in [0.15, 0.2) is 54.9 Å². The van der Waals surface area contributed by atoms with Gasteiger partial charge in [0.1, 0.15) is 11.6 Å². The lowest BCUT2D eigenvalue weighted by Gasteiger charge is -2.39. The molecule has 1 aromatic heterocycles. The van der Waals surface area contributed by atoms with E-state index in [0.29, 0.717) is 41.2 Å². The van der Waals surface area contributed by atoms with Crippen molar-refractivity contribution >= 4 is 22.3 Å². The van der Waals surface area contributed by atoms with Gasteiger partial charge in [-0.25, -0.2) is 9.37 Å². The zero-order chi connectivity index (χ0) is 19.0. The summed E-state index contributed by atoms with van der Waals surface area (Å²) in [6.45, 7) is 0.556. The average molecular weight is 386 g/mol. The Balaban J connectivity index is 1.75. The molecule has 4 rings (SSSR count). The molecule has 0 saturated carbocycles. The van der Waals surface area contributed by atoms with Gasteiger partial charge in [0.2, 0.25) is 0 Å². The number of nitrogens with two attached hydrogens (primary N) is 1. The highest BCUT2D eigenvalue weighted by molar-refractivity contribution is 8.25. The molecule has 0 radical (unpaired) electrons. The Morgan fingerprint density at radius 2 is 1.85 bits per heavy atom. The van der Waals surface area contributed by atoms with Gasteiger partial charge in [0.15, 0.2) is 0 Å². The molecule has 140 valence electrons. The van der Waals surface area contributed by atoms with Crippen molar-refractivity contribution in [3.63, 3.8) is 0 Å². The lowest BCUT2D eigenvalue weighted by atomic mass is 10.0. The number of hydrogen-bond donors (Lipinski definition) is 3. The summed E-state index contributed by atoms with van der Waals surface area (Å²) >= 11 is 0. The van der Waals surface area contributed by atoms with Crippen LogP contribution < -0.4 is 10.0 Å². The quantitative estimate of drug-likeness (QED) is 0.617. The maximum atomic E-state index is 14.8. The van der Waals surface area contributed by atoms with Gasteiger partial charge in [0.05, 0.1) is 29.5 Å². The first-order chi connectivity index (χ1) is 13.0. The zero-order valence-corrected chi connectivity index (χ0v) is 15.2. The van der Waals surface area contributed by atoms with Gasteiger partial charge in [-0.3, -0.25) is 18.4 Å². The zero-order valence-electron chi connectivity index (χ0n) is 14.4. The number of para-hydroxylation sites is 1. The predicted octanol–water partition coefficient (Wildman–Crippen LogP) is 4.41. The van der Waals surface area contributed by atoms with Crippen LogP contribution in [0.1, 0.15) is 6.42 Å². The number of nitrogens with zero attached hydrogens (tertiary/aromatic N) is 3. The molecular weight excluding hydrogens is 367 g/mol. The third-order valence-electron chi connectivity index (χ3n) is 4.53. The van der Waals surface area contributed by atoms with Crippen LogP contribution in [-0.4, -0.2) is 31.4 Å². The molecule has 6 nitrogen and oxygen atoms in total. The molecule has 8 heteroatoms. The molecule has 0 atom stereocenters. The number of halogens is 1. The SMILES string of the molecule is Nc1cnc(-c2ccc(-c3ccccc3N3CCCS3(O)O)cc2F)cn1. The minimum absolute atomic E-state index is 0.273. The fourth-order valence-electron chi connectivity index (χ4n) is 3.24. The van der Waals surface area contributed by atoms with Crippen molar-refractivity contribution in [2.45, 2.75) is 6.42 Å². The number of anilines is 2. The summed E-state index contributed by atoms with van der Waals surface area (Å²) in [6.07, 6.45) is 3.52. The smallest absolute Gasteiger partial charge is 0.141 e. The second-order valence-electron chi connectivity index (χ2n) is 6.33. The van der Waals surface area contributed by atoms with Gasteiger partial charge in [-0.05, 0) is 30.2 Å². The van der Waals surface area contributed by atoms with Crippen LogP contribution in [0, 0.1) is 5.82 Å². The lowest BCUT2D eigenvalue weighted by molar-refractivity contribution is 0.491. The molecule has 0 aliphatic carbocycles. The van der Waals surface area contributed by atoms with Crippen LogP contribution in [0.4, 0.5) is 15.9 Å². The first-order valence-electron chi connectivity index (χ1n) is 8.46. The summed E-state index contributed by atoms with van der Waals surface area (Å²) in [4.78, 5) is 8.06. The second kappa shape index (κ2) is 6.80. The lowest BCUT2D eigenvalue weighted by Crippen LogP contribution is -2.22. The summed E-state index contributed by atoms with van der Waals surface area (Å²) in [5.41, 5.74) is 8.34. The highest BCUT2D eigenvalue weighted by Crippen LogP contribution is 2.53. The Morgan fingerprint density at radius 1 is 1.04 bits per heavy atom. The van der Waals surface area contributed by atoms with Crippen molar-refractivity contribution < 1.29 is 13.5 Å². The first kappa shape index (κ1) is 17.7. The number of hydrogen-bond acceptors (Lipinski definition) is 6. The molecule has 3 aromatic rings. The molecule has 0 amide bonds. The highest BCUT2D eigenvalue weighted by Gasteiger charge is 2.30. The molecule has 2 aromatic carbocycles. The van der Waals surface area contributed by atoms with E-state index in [2.05, 4.69) is 9.97 Å². The van der Waals surface area contributed by atoms with Crippen LogP contribution >= 0.6 is 10.8 Å². The Kier molecular flexibility index (Phi) is 4.47. The Hall–Kier alpha value is -2.68. The maximum absolute atomic E-state index is 14.8. The fraction of sp³-hybridized carbons (Fsp3) is 0.158. The van der Waals surface area contributed by atoms with Crippen molar-refractivity contribution in [3.8, 4) is 22.4 Å². The van der Waals surface area contributed by atoms with Gasteiger partial charge in [-0.1, -0.05) is 24.3 Å². The third kappa shape index (κ3) is 3.34. The maximum Gasteiger partial charge on any atom is 0.141 e. The van der Waals surface area contributed by atoms with E-state index < -0.39 is 16.6 Å². The Labute approximate surface area is 158 Å². The molecule has 0 unspecified atom stereocenters. The molecular formula is C19H19FN4O2S. The molecule has 4 N–H and O–H groups in total. The van der Waals surface area contributed by atoms with E-state index in [9.17, 15) is 13.5 Å². The van der Waals surface area contributed by atoms with Crippen LogP contribution in [0.3, 0.4) is 0 Å². The summed E-state index contributed by atoms with van der Waals surface area (Å²) in [5.74, 6) is 0.188. The van der Waals surface area contributed by atoms with Gasteiger partial charge in [-0.2, -0.15) is 0 Å². The number of nitrogen functional groups attached to an aromatic ring is 1. The summed E-state index contributed by atoms with van der Waals surface area (Å²) in [7, 11) is -2.83. The average Bonchev–Trinajstić information content (AvgIpc) is 3.01. The largest absolute Gasteiger partial charge is 0.382 e. The van der Waals surface area contributed by atoms with Gasteiger partial charge in [-0.15, -0.1) is 10.8 Å². The van der Waals surface area contributed by atoms with Gasteiger partial charge in [0.25, 0.3) is 0 Å². The Morgan fingerprint density at radius 3 is 2.52 bits per heavy atom. The van der Waals surface area contributed by atoms with E-state index in [0.717, 1.165) is 5.56 Å². The van der Waals surface area contributed by atoms with Gasteiger partial charge in [0, 0.05) is 17.7 Å². The van der Waals surface area contributed by atoms with Crippen molar-refractivity contribution in [2.75, 3.05) is 22.3 Å². The standard InChI is InChI=1S/C19H19FN4O2S/c20-16-10-13(6-7-15(16)17-11-23-19(21)12-22-17)14-4-1-2-5-18(14)24-8-3-9-27(24,25)26/h1-2,4-7,10-12,25-26H,3,8-9H2,(H2,21,23). The molecule has 2 heterocycles. The van der Waals surface area contributed by atoms with Crippen molar-refractivity contribution in [1.82, 2.24) is 9.97 Å². The van der Waals surface area contributed by atoms with E-state index >= 15 is 0 Å². The fourth-order valence-corrected chi connectivity index (χ4v) is 4.87. The second-order valence-corrected chi connectivity index (χ2v) is 8.44. The monoisotopic (exact) mass is 386 g/mol. The van der Waals surface area contributed by atoms with Crippen LogP contribution in [0.2, 0.25) is 0 Å². The van der Waals surface area contributed by atoms with Crippen LogP contribution in [-0.2, 0) is 0 Å². The number of aromatic nitrogens is 2. The predicted molar refractivity (Wildman–Crippen MR) is 107 cm³/mol. The molecule has 1 aliphatic rings. The molecule has 1 saturated heterocycles. The summed E-state index contributed by atoms with van der Waals surface area (Å²) in [6, 6.07) is 12.2. The summed E-state index contributed by atoms with van der Waals surface area (Å²) < 4.78 is 37.0. The number of benzene rings is 2. The Bertz CT molecular complexity index is 982. The van der Waals surface area contributed by atoms with Crippen LogP contribution in [0.5, 0.6) is 0 Å². The molecule has 1 aliphatic heterocycles. The van der Waals surface area contributed by atoms with Gasteiger partial charge < -0.3 is 5.73 Å². The van der Waals surface area contributed by atoms with E-state index in [1.807, 2.05) is 24.3 Å². The minimum atomic E-state index is -2.83. The normalized spacial score (nSPS) is 17.1. The van der Waals surface area contributed by atoms with Crippen LogP contribution in [0.25, 0.3) is 22.4 Å². The van der Waals surface area contributed by atoms with Crippen molar-refractivity contribution in [1.29, 1.82) is 0 Å². The van der Waals surface area contributed by atoms with E-state index in [-0.39, 0.29) is 5.82 Å². The third-order valence-corrected chi connectivity index (χ3v) is 6.45. The minimum Gasteiger partial charge on any atom is -0.382 e. The first-order valence-corrected chi connectivity index (χ1v) is 10.1. The van der Waals surface area contributed by atoms with Gasteiger partial charge >= 0.3 is 0 Å². The summed E-state index contributed by atoms with van der Waals surface area (Å²) in [5, 5.41) is 0. The molecule has 0 spiro atoms.